The van der Waals surface area contributed by atoms with E-state index in [1.54, 1.807) is 0 Å². The van der Waals surface area contributed by atoms with Crippen LogP contribution in [0.1, 0.15) is 18.4 Å². The number of hydrogen-bond acceptors (Lipinski definition) is 2. The molecule has 2 nitrogen and oxygen atoms in total. The lowest BCUT2D eigenvalue weighted by molar-refractivity contribution is 0.0595. The van der Waals surface area contributed by atoms with Gasteiger partial charge >= 0.3 is 0 Å². The largest absolute Gasteiger partial charge is 0.383 e. The van der Waals surface area contributed by atoms with Crippen LogP contribution in [0.5, 0.6) is 0 Å². The van der Waals surface area contributed by atoms with E-state index in [4.69, 9.17) is 27.9 Å². The zero-order valence-corrected chi connectivity index (χ0v) is 11.4. The molecule has 1 fully saturated rings. The standard InChI is InChI=1S/C13H17Cl2NO/c1-9-5-12(15)13(6-11(9)14)16-7-10-3-2-4-17-8-10/h5-6,10,16H,2-4,7-8H2,1H3. The van der Waals surface area contributed by atoms with Crippen molar-refractivity contribution in [3.8, 4) is 0 Å². The van der Waals surface area contributed by atoms with Gasteiger partial charge in [0.2, 0.25) is 0 Å². The van der Waals surface area contributed by atoms with Gasteiger partial charge in [-0.3, -0.25) is 0 Å². The normalized spacial score (nSPS) is 20.3. The molecule has 0 aliphatic carbocycles. The highest BCUT2D eigenvalue weighted by Gasteiger charge is 2.14. The van der Waals surface area contributed by atoms with Crippen LogP contribution in [0.15, 0.2) is 12.1 Å². The molecule has 1 aromatic carbocycles. The van der Waals surface area contributed by atoms with Crippen LogP contribution in [0.2, 0.25) is 10.0 Å². The van der Waals surface area contributed by atoms with Crippen molar-refractivity contribution in [2.75, 3.05) is 25.1 Å². The summed E-state index contributed by atoms with van der Waals surface area (Å²) in [5.74, 6) is 0.569. The van der Waals surface area contributed by atoms with Crippen molar-refractivity contribution < 1.29 is 4.74 Å². The molecule has 0 spiro atoms. The second-order valence-electron chi connectivity index (χ2n) is 4.55. The molecular weight excluding hydrogens is 257 g/mol. The third kappa shape index (κ3) is 3.51. The number of aryl methyl sites for hydroxylation is 1. The lowest BCUT2D eigenvalue weighted by atomic mass is 10.0. The Labute approximate surface area is 112 Å². The van der Waals surface area contributed by atoms with Gasteiger partial charge in [-0.25, -0.2) is 0 Å². The van der Waals surface area contributed by atoms with Crippen molar-refractivity contribution in [3.63, 3.8) is 0 Å². The Hall–Kier alpha value is -0.440. The van der Waals surface area contributed by atoms with Crippen molar-refractivity contribution in [2.24, 2.45) is 5.92 Å². The molecule has 1 aromatic rings. The molecule has 17 heavy (non-hydrogen) atoms. The van der Waals surface area contributed by atoms with Crippen LogP contribution in [0.3, 0.4) is 0 Å². The molecule has 4 heteroatoms. The number of halogens is 2. The fourth-order valence-corrected chi connectivity index (χ4v) is 2.45. The maximum atomic E-state index is 6.17. The molecule has 1 aliphatic rings. The second kappa shape index (κ2) is 5.94. The van der Waals surface area contributed by atoms with Gasteiger partial charge in [-0.05, 0) is 43.4 Å². The predicted octanol–water partition coefficient (Wildman–Crippen LogP) is 4.14. The summed E-state index contributed by atoms with van der Waals surface area (Å²) in [6.07, 6.45) is 2.36. The van der Waals surface area contributed by atoms with Gasteiger partial charge in [-0.15, -0.1) is 0 Å². The van der Waals surface area contributed by atoms with Crippen molar-refractivity contribution in [1.29, 1.82) is 0 Å². The molecule has 1 heterocycles. The summed E-state index contributed by atoms with van der Waals surface area (Å²) < 4.78 is 5.44. The Morgan fingerprint density at radius 2 is 2.18 bits per heavy atom. The lowest BCUT2D eigenvalue weighted by Crippen LogP contribution is -2.24. The quantitative estimate of drug-likeness (QED) is 0.894. The minimum absolute atomic E-state index is 0.569. The Balaban J connectivity index is 1.96. The fraction of sp³-hybridized carbons (Fsp3) is 0.538. The summed E-state index contributed by atoms with van der Waals surface area (Å²) in [5.41, 5.74) is 1.91. The first-order valence-corrected chi connectivity index (χ1v) is 6.69. The van der Waals surface area contributed by atoms with E-state index in [-0.39, 0.29) is 0 Å². The molecule has 0 amide bonds. The van der Waals surface area contributed by atoms with E-state index >= 15 is 0 Å². The molecule has 1 aliphatic heterocycles. The Kier molecular flexibility index (Phi) is 4.55. The maximum Gasteiger partial charge on any atom is 0.0641 e. The zero-order valence-electron chi connectivity index (χ0n) is 9.93. The van der Waals surface area contributed by atoms with Gasteiger partial charge in [0.05, 0.1) is 17.3 Å². The van der Waals surface area contributed by atoms with E-state index in [2.05, 4.69) is 5.32 Å². The van der Waals surface area contributed by atoms with Crippen LogP contribution in [0.4, 0.5) is 5.69 Å². The smallest absolute Gasteiger partial charge is 0.0641 e. The number of rotatable bonds is 3. The van der Waals surface area contributed by atoms with Crippen molar-refractivity contribution >= 4 is 28.9 Å². The van der Waals surface area contributed by atoms with Gasteiger partial charge in [-0.1, -0.05) is 23.2 Å². The third-order valence-corrected chi connectivity index (χ3v) is 3.80. The summed E-state index contributed by atoms with van der Waals surface area (Å²) in [4.78, 5) is 0. The van der Waals surface area contributed by atoms with E-state index < -0.39 is 0 Å². The molecule has 1 unspecified atom stereocenters. The molecule has 1 atom stereocenters. The van der Waals surface area contributed by atoms with Gasteiger partial charge < -0.3 is 10.1 Å². The molecule has 1 saturated heterocycles. The highest BCUT2D eigenvalue weighted by molar-refractivity contribution is 6.35. The molecule has 0 aromatic heterocycles. The maximum absolute atomic E-state index is 6.17. The Morgan fingerprint density at radius 3 is 2.88 bits per heavy atom. The molecule has 2 rings (SSSR count). The second-order valence-corrected chi connectivity index (χ2v) is 5.36. The third-order valence-electron chi connectivity index (χ3n) is 3.08. The monoisotopic (exact) mass is 273 g/mol. The first kappa shape index (κ1) is 13.0. The van der Waals surface area contributed by atoms with Gasteiger partial charge in [0.15, 0.2) is 0 Å². The lowest BCUT2D eigenvalue weighted by Gasteiger charge is -2.23. The van der Waals surface area contributed by atoms with Crippen LogP contribution in [-0.4, -0.2) is 19.8 Å². The number of ether oxygens (including phenoxy) is 1. The van der Waals surface area contributed by atoms with Gasteiger partial charge in [0.1, 0.15) is 0 Å². The first-order chi connectivity index (χ1) is 8.16. The van der Waals surface area contributed by atoms with Crippen LogP contribution in [-0.2, 0) is 4.74 Å². The summed E-state index contributed by atoms with van der Waals surface area (Å²) in [7, 11) is 0. The summed E-state index contributed by atoms with van der Waals surface area (Å²) in [6.45, 7) is 4.57. The predicted molar refractivity (Wildman–Crippen MR) is 73.2 cm³/mol. The minimum atomic E-state index is 0.569. The first-order valence-electron chi connectivity index (χ1n) is 5.94. The Morgan fingerprint density at radius 1 is 1.35 bits per heavy atom. The molecule has 0 bridgehead atoms. The average molecular weight is 274 g/mol. The van der Waals surface area contributed by atoms with E-state index in [1.165, 1.54) is 6.42 Å². The van der Waals surface area contributed by atoms with Crippen molar-refractivity contribution in [1.82, 2.24) is 0 Å². The molecular formula is C13H17Cl2NO. The summed E-state index contributed by atoms with van der Waals surface area (Å²) in [6, 6.07) is 3.78. The van der Waals surface area contributed by atoms with Crippen LogP contribution < -0.4 is 5.32 Å². The summed E-state index contributed by atoms with van der Waals surface area (Å²) in [5, 5.41) is 4.83. The van der Waals surface area contributed by atoms with Crippen LogP contribution in [0, 0.1) is 12.8 Å². The van der Waals surface area contributed by atoms with Crippen LogP contribution >= 0.6 is 23.2 Å². The van der Waals surface area contributed by atoms with Crippen LogP contribution in [0.25, 0.3) is 0 Å². The van der Waals surface area contributed by atoms with Crippen molar-refractivity contribution in [2.45, 2.75) is 19.8 Å². The van der Waals surface area contributed by atoms with E-state index in [1.807, 2.05) is 19.1 Å². The highest BCUT2D eigenvalue weighted by atomic mass is 35.5. The minimum Gasteiger partial charge on any atom is -0.383 e. The van der Waals surface area contributed by atoms with Crippen molar-refractivity contribution in [3.05, 3.63) is 27.7 Å². The molecule has 94 valence electrons. The topological polar surface area (TPSA) is 21.3 Å². The van der Waals surface area contributed by atoms with E-state index in [9.17, 15) is 0 Å². The average Bonchev–Trinajstić information content (AvgIpc) is 2.33. The molecule has 1 N–H and O–H groups in total. The van der Waals surface area contributed by atoms with E-state index in [0.717, 1.165) is 47.5 Å². The zero-order chi connectivity index (χ0) is 12.3. The summed E-state index contributed by atoms with van der Waals surface area (Å²) >= 11 is 12.3. The fourth-order valence-electron chi connectivity index (χ4n) is 2.00. The number of hydrogen-bond donors (Lipinski definition) is 1. The van der Waals surface area contributed by atoms with Gasteiger partial charge in [0, 0.05) is 18.2 Å². The van der Waals surface area contributed by atoms with E-state index in [0.29, 0.717) is 5.92 Å². The number of benzene rings is 1. The highest BCUT2D eigenvalue weighted by Crippen LogP contribution is 2.29. The van der Waals surface area contributed by atoms with Gasteiger partial charge in [0.25, 0.3) is 0 Å². The SMILES string of the molecule is Cc1cc(Cl)c(NCC2CCCOC2)cc1Cl. The van der Waals surface area contributed by atoms with Gasteiger partial charge in [-0.2, -0.15) is 0 Å². The molecule has 0 radical (unpaired) electrons. The Bertz CT molecular complexity index is 389. The molecule has 0 saturated carbocycles. The number of nitrogens with one attached hydrogen (secondary N) is 1. The number of anilines is 1.